The topological polar surface area (TPSA) is 35.0 Å². The summed E-state index contributed by atoms with van der Waals surface area (Å²) in [5, 5.41) is 0. The first kappa shape index (κ1) is 13.1. The van der Waals surface area contributed by atoms with Crippen LogP contribution < -0.4 is 4.74 Å². The normalized spacial score (nSPS) is 14.5. The van der Waals surface area contributed by atoms with Crippen LogP contribution in [-0.4, -0.2) is 9.97 Å². The van der Waals surface area contributed by atoms with Gasteiger partial charge in [-0.15, -0.1) is 0 Å². The van der Waals surface area contributed by atoms with Gasteiger partial charge in [0.2, 0.25) is 5.88 Å². The van der Waals surface area contributed by atoms with E-state index in [2.05, 4.69) is 41.8 Å². The summed E-state index contributed by atoms with van der Waals surface area (Å²) in [7, 11) is 0. The lowest BCUT2D eigenvalue weighted by atomic mass is 10.2. The van der Waals surface area contributed by atoms with Crippen LogP contribution in [0.2, 0.25) is 0 Å². The Bertz CT molecular complexity index is 627. The molecule has 0 aliphatic heterocycles. The van der Waals surface area contributed by atoms with Crippen molar-refractivity contribution in [2.45, 2.75) is 25.7 Å². The van der Waals surface area contributed by atoms with Crippen molar-refractivity contribution in [2.75, 3.05) is 0 Å². The van der Waals surface area contributed by atoms with E-state index in [-0.39, 0.29) is 0 Å². The van der Waals surface area contributed by atoms with Gasteiger partial charge in [-0.05, 0) is 53.4 Å². The summed E-state index contributed by atoms with van der Waals surface area (Å²) in [6.45, 7) is 2.01. The van der Waals surface area contributed by atoms with Gasteiger partial charge in [0.25, 0.3) is 0 Å². The van der Waals surface area contributed by atoms with Gasteiger partial charge in [-0.2, -0.15) is 4.98 Å². The summed E-state index contributed by atoms with van der Waals surface area (Å²) in [4.78, 5) is 8.88. The molecule has 5 heteroatoms. The zero-order valence-electron chi connectivity index (χ0n) is 10.4. The summed E-state index contributed by atoms with van der Waals surface area (Å²) in [5.41, 5.74) is 1.07. The Morgan fingerprint density at radius 1 is 1.16 bits per heavy atom. The van der Waals surface area contributed by atoms with E-state index in [1.54, 1.807) is 6.07 Å². The first-order chi connectivity index (χ1) is 9.11. The monoisotopic (exact) mass is 382 g/mol. The molecule has 98 valence electrons. The molecule has 3 rings (SSSR count). The maximum Gasteiger partial charge on any atom is 0.223 e. The third-order valence-electron chi connectivity index (χ3n) is 3.00. The van der Waals surface area contributed by atoms with Gasteiger partial charge in [0.1, 0.15) is 16.2 Å². The van der Waals surface area contributed by atoms with Crippen molar-refractivity contribution in [2.24, 2.45) is 0 Å². The molecule has 0 unspecified atom stereocenters. The van der Waals surface area contributed by atoms with Crippen LogP contribution in [0.4, 0.5) is 0 Å². The van der Waals surface area contributed by atoms with E-state index in [9.17, 15) is 0 Å². The zero-order chi connectivity index (χ0) is 13.4. The molecular weight excluding hydrogens is 372 g/mol. The maximum absolute atomic E-state index is 5.88. The predicted octanol–water partition coefficient (Wildman–Crippen LogP) is 4.98. The Morgan fingerprint density at radius 2 is 1.95 bits per heavy atom. The van der Waals surface area contributed by atoms with Gasteiger partial charge in [-0.1, -0.05) is 22.0 Å². The molecular formula is C14H12Br2N2O. The van der Waals surface area contributed by atoms with Gasteiger partial charge in [0, 0.05) is 16.5 Å². The van der Waals surface area contributed by atoms with Crippen molar-refractivity contribution in [3.63, 3.8) is 0 Å². The molecule has 0 atom stereocenters. The number of rotatable bonds is 3. The molecule has 0 amide bonds. The van der Waals surface area contributed by atoms with Crippen LogP contribution in [0.25, 0.3) is 0 Å². The van der Waals surface area contributed by atoms with Gasteiger partial charge in [-0.3, -0.25) is 0 Å². The summed E-state index contributed by atoms with van der Waals surface area (Å²) < 4.78 is 7.64. The third kappa shape index (κ3) is 3.15. The zero-order valence-corrected chi connectivity index (χ0v) is 13.5. The fourth-order valence-electron chi connectivity index (χ4n) is 1.79. The van der Waals surface area contributed by atoms with Gasteiger partial charge in [-0.25, -0.2) is 4.98 Å². The van der Waals surface area contributed by atoms with Crippen LogP contribution in [0.5, 0.6) is 11.6 Å². The Kier molecular flexibility index (Phi) is 3.58. The van der Waals surface area contributed by atoms with E-state index >= 15 is 0 Å². The van der Waals surface area contributed by atoms with E-state index in [1.165, 1.54) is 12.8 Å². The number of ether oxygens (including phenoxy) is 1. The number of halogens is 2. The van der Waals surface area contributed by atoms with E-state index < -0.39 is 0 Å². The molecule has 1 aliphatic carbocycles. The molecule has 0 spiro atoms. The molecule has 0 N–H and O–H groups in total. The SMILES string of the molecule is Cc1ccc(Br)cc1Oc1cc(Br)nc(C2CC2)n1. The van der Waals surface area contributed by atoms with Crippen molar-refractivity contribution in [1.82, 2.24) is 9.97 Å². The van der Waals surface area contributed by atoms with Crippen LogP contribution >= 0.6 is 31.9 Å². The molecule has 0 bridgehead atoms. The first-order valence-electron chi connectivity index (χ1n) is 6.10. The summed E-state index contributed by atoms with van der Waals surface area (Å²) in [5.74, 6) is 2.77. The summed E-state index contributed by atoms with van der Waals surface area (Å²) in [6, 6.07) is 7.75. The molecule has 2 aromatic rings. The highest BCUT2D eigenvalue weighted by atomic mass is 79.9. The molecule has 1 fully saturated rings. The number of hydrogen-bond donors (Lipinski definition) is 0. The third-order valence-corrected chi connectivity index (χ3v) is 3.90. The Morgan fingerprint density at radius 3 is 2.68 bits per heavy atom. The highest BCUT2D eigenvalue weighted by Crippen LogP contribution is 2.39. The van der Waals surface area contributed by atoms with E-state index in [0.29, 0.717) is 11.8 Å². The molecule has 19 heavy (non-hydrogen) atoms. The molecule has 0 radical (unpaired) electrons. The van der Waals surface area contributed by atoms with E-state index in [0.717, 1.165) is 26.2 Å². The van der Waals surface area contributed by atoms with Gasteiger partial charge in [0.05, 0.1) is 0 Å². The maximum atomic E-state index is 5.88. The average Bonchev–Trinajstić information content (AvgIpc) is 3.17. The highest BCUT2D eigenvalue weighted by Gasteiger charge is 2.27. The molecule has 1 aromatic carbocycles. The molecule has 1 heterocycles. The van der Waals surface area contributed by atoms with Gasteiger partial charge >= 0.3 is 0 Å². The van der Waals surface area contributed by atoms with Crippen LogP contribution in [0.3, 0.4) is 0 Å². The van der Waals surface area contributed by atoms with Crippen LogP contribution in [0, 0.1) is 6.92 Å². The fraction of sp³-hybridized carbons (Fsp3) is 0.286. The fourth-order valence-corrected chi connectivity index (χ4v) is 2.50. The smallest absolute Gasteiger partial charge is 0.223 e. The van der Waals surface area contributed by atoms with E-state index in [4.69, 9.17) is 4.74 Å². The van der Waals surface area contributed by atoms with Crippen molar-refractivity contribution in [1.29, 1.82) is 0 Å². The molecule has 1 aromatic heterocycles. The largest absolute Gasteiger partial charge is 0.439 e. The number of aryl methyl sites for hydroxylation is 1. The minimum Gasteiger partial charge on any atom is -0.439 e. The number of nitrogens with zero attached hydrogens (tertiary/aromatic N) is 2. The average molecular weight is 384 g/mol. The quantitative estimate of drug-likeness (QED) is 0.701. The van der Waals surface area contributed by atoms with Gasteiger partial charge < -0.3 is 4.74 Å². The second kappa shape index (κ2) is 5.21. The standard InChI is InChI=1S/C14H12Br2N2O/c1-8-2-5-10(15)6-11(8)19-13-7-12(16)17-14(18-13)9-3-4-9/h2,5-7,9H,3-4H2,1H3. The second-order valence-electron chi connectivity index (χ2n) is 4.67. The van der Waals surface area contributed by atoms with Gasteiger partial charge in [0.15, 0.2) is 0 Å². The number of aromatic nitrogens is 2. The second-order valence-corrected chi connectivity index (χ2v) is 6.40. The summed E-state index contributed by atoms with van der Waals surface area (Å²) in [6.07, 6.45) is 2.34. The highest BCUT2D eigenvalue weighted by molar-refractivity contribution is 9.10. The molecule has 1 aliphatic rings. The lowest BCUT2D eigenvalue weighted by Gasteiger charge is -2.09. The van der Waals surface area contributed by atoms with Crippen molar-refractivity contribution in [3.8, 4) is 11.6 Å². The first-order valence-corrected chi connectivity index (χ1v) is 7.69. The number of hydrogen-bond acceptors (Lipinski definition) is 3. The van der Waals surface area contributed by atoms with Crippen molar-refractivity contribution < 1.29 is 4.74 Å². The van der Waals surface area contributed by atoms with Crippen LogP contribution in [0.15, 0.2) is 33.3 Å². The number of benzene rings is 1. The lowest BCUT2D eigenvalue weighted by molar-refractivity contribution is 0.454. The minimum absolute atomic E-state index is 0.503. The predicted molar refractivity (Wildman–Crippen MR) is 80.7 cm³/mol. The Labute approximate surface area is 128 Å². The lowest BCUT2D eigenvalue weighted by Crippen LogP contribution is -1.97. The van der Waals surface area contributed by atoms with E-state index in [1.807, 2.05) is 25.1 Å². The molecule has 0 saturated heterocycles. The minimum atomic E-state index is 0.503. The molecule has 3 nitrogen and oxygen atoms in total. The van der Waals surface area contributed by atoms with Crippen LogP contribution in [0.1, 0.15) is 30.1 Å². The van der Waals surface area contributed by atoms with Crippen LogP contribution in [-0.2, 0) is 0 Å². The summed E-state index contributed by atoms with van der Waals surface area (Å²) >= 11 is 6.86. The van der Waals surface area contributed by atoms with Crippen molar-refractivity contribution in [3.05, 3.63) is 44.7 Å². The Balaban J connectivity index is 1.92. The van der Waals surface area contributed by atoms with Crippen molar-refractivity contribution >= 4 is 31.9 Å². The Hall–Kier alpha value is -0.940. The molecule has 1 saturated carbocycles.